The fourth-order valence-corrected chi connectivity index (χ4v) is 10.4. The smallest absolute Gasteiger partial charge is 0.152 e. The fourth-order valence-electron chi connectivity index (χ4n) is 2.01. The predicted octanol–water partition coefficient (Wildman–Crippen LogP) is 2.57. The van der Waals surface area contributed by atoms with E-state index in [0.717, 1.165) is 11.6 Å². The average molecular weight is 261 g/mol. The molecule has 0 N–H and O–H groups in total. The summed E-state index contributed by atoms with van der Waals surface area (Å²) in [4.78, 5) is 13.0. The number of aryl methyl sites for hydroxylation is 1. The maximum absolute atomic E-state index is 4.53. The number of aromatic nitrogens is 3. The molecule has 0 bridgehead atoms. The van der Waals surface area contributed by atoms with Crippen LogP contribution >= 0.6 is 20.1 Å². The molecule has 3 nitrogen and oxygen atoms in total. The third-order valence-corrected chi connectivity index (χ3v) is 8.66. The highest BCUT2D eigenvalue weighted by Gasteiger charge is 2.32. The predicted molar refractivity (Wildman–Crippen MR) is 78.0 cm³/mol. The Hall–Kier alpha value is -0.290. The summed E-state index contributed by atoms with van der Waals surface area (Å²) >= 11 is 0. The monoisotopic (exact) mass is 261 g/mol. The van der Waals surface area contributed by atoms with Crippen LogP contribution in [0.4, 0.5) is 0 Å². The topological polar surface area (TPSA) is 38.7 Å². The lowest BCUT2D eigenvalue weighted by atomic mass is 10.6. The lowest BCUT2D eigenvalue weighted by Gasteiger charge is -2.46. The van der Waals surface area contributed by atoms with Gasteiger partial charge in [-0.25, -0.2) is 35.0 Å². The first-order valence-corrected chi connectivity index (χ1v) is 11.0. The molecular formula is C11H23N3S2. The van der Waals surface area contributed by atoms with E-state index in [4.69, 9.17) is 0 Å². The molecule has 0 unspecified atom stereocenters. The van der Waals surface area contributed by atoms with Crippen LogP contribution in [0.25, 0.3) is 0 Å². The van der Waals surface area contributed by atoms with Crippen LogP contribution in [0.5, 0.6) is 0 Å². The van der Waals surface area contributed by atoms with E-state index in [-0.39, 0.29) is 0 Å². The SMILES string of the molecule is Cc1ncnc(C(S(C)(C)C)S(C)(C)C)n1. The second-order valence-corrected chi connectivity index (χ2v) is 14.6. The Kier molecular flexibility index (Phi) is 3.90. The minimum atomic E-state index is -0.708. The number of hydrogen-bond acceptors (Lipinski definition) is 3. The van der Waals surface area contributed by atoms with Crippen molar-refractivity contribution < 1.29 is 0 Å². The van der Waals surface area contributed by atoms with Gasteiger partial charge in [-0.15, -0.1) is 0 Å². The summed E-state index contributed by atoms with van der Waals surface area (Å²) in [7, 11) is -1.42. The van der Waals surface area contributed by atoms with Crippen molar-refractivity contribution in [3.05, 3.63) is 18.0 Å². The molecule has 0 saturated carbocycles. The van der Waals surface area contributed by atoms with Gasteiger partial charge in [0.25, 0.3) is 0 Å². The largest absolute Gasteiger partial charge is 0.232 e. The maximum atomic E-state index is 4.53. The van der Waals surface area contributed by atoms with Crippen LogP contribution in [-0.2, 0) is 0 Å². The molecule has 1 heterocycles. The zero-order valence-corrected chi connectivity index (χ0v) is 12.9. The van der Waals surface area contributed by atoms with E-state index in [1.165, 1.54) is 0 Å². The third kappa shape index (κ3) is 3.35. The Bertz CT molecular complexity index is 352. The number of hydrogen-bond donors (Lipinski definition) is 0. The summed E-state index contributed by atoms with van der Waals surface area (Å²) in [5.41, 5.74) is 0. The van der Waals surface area contributed by atoms with Crippen molar-refractivity contribution in [3.63, 3.8) is 0 Å². The average Bonchev–Trinajstić information content (AvgIpc) is 1.97. The van der Waals surface area contributed by atoms with Crippen LogP contribution in [-0.4, -0.2) is 52.5 Å². The molecule has 16 heavy (non-hydrogen) atoms. The van der Waals surface area contributed by atoms with Crippen molar-refractivity contribution in [2.75, 3.05) is 37.5 Å². The molecule has 0 aliphatic rings. The minimum Gasteiger partial charge on any atom is -0.232 e. The van der Waals surface area contributed by atoms with E-state index in [2.05, 4.69) is 52.5 Å². The normalized spacial score (nSPS) is 15.2. The summed E-state index contributed by atoms with van der Waals surface area (Å²) in [6.07, 6.45) is 15.7. The standard InChI is InChI=1S/C11H23N3S2/c1-9-12-8-13-10(14-9)11(15(2,3)4)16(5,6)7/h8,11H,1-7H3. The lowest BCUT2D eigenvalue weighted by Crippen LogP contribution is -2.17. The highest BCUT2D eigenvalue weighted by atomic mass is 32.3. The van der Waals surface area contributed by atoms with Gasteiger partial charge in [0.05, 0.1) is 4.58 Å². The molecule has 1 rings (SSSR count). The molecule has 0 aliphatic heterocycles. The van der Waals surface area contributed by atoms with Crippen molar-refractivity contribution in [1.29, 1.82) is 0 Å². The van der Waals surface area contributed by atoms with Crippen molar-refractivity contribution in [2.45, 2.75) is 11.5 Å². The molecule has 94 valence electrons. The highest BCUT2D eigenvalue weighted by molar-refractivity contribution is 8.47. The van der Waals surface area contributed by atoms with Gasteiger partial charge in [0, 0.05) is 0 Å². The van der Waals surface area contributed by atoms with Crippen LogP contribution in [0.3, 0.4) is 0 Å². The maximum Gasteiger partial charge on any atom is 0.152 e. The van der Waals surface area contributed by atoms with E-state index >= 15 is 0 Å². The number of nitrogens with zero attached hydrogens (tertiary/aromatic N) is 3. The highest BCUT2D eigenvalue weighted by Crippen LogP contribution is 2.67. The molecule has 0 aromatic carbocycles. The number of rotatable bonds is 3. The zero-order valence-electron chi connectivity index (χ0n) is 11.3. The lowest BCUT2D eigenvalue weighted by molar-refractivity contribution is 0.900. The van der Waals surface area contributed by atoms with Gasteiger partial charge < -0.3 is 0 Å². The molecule has 0 radical (unpaired) electrons. The summed E-state index contributed by atoms with van der Waals surface area (Å²) in [6, 6.07) is 0. The molecule has 5 heteroatoms. The Labute approximate surface area is 102 Å². The first kappa shape index (κ1) is 13.8. The molecule has 0 aliphatic carbocycles. The van der Waals surface area contributed by atoms with E-state index in [9.17, 15) is 0 Å². The Morgan fingerprint density at radius 2 is 1.44 bits per heavy atom. The van der Waals surface area contributed by atoms with Gasteiger partial charge in [-0.1, -0.05) is 0 Å². The summed E-state index contributed by atoms with van der Waals surface area (Å²) < 4.78 is 0.488. The van der Waals surface area contributed by atoms with Crippen molar-refractivity contribution in [2.24, 2.45) is 0 Å². The van der Waals surface area contributed by atoms with E-state index in [1.807, 2.05) is 6.92 Å². The van der Waals surface area contributed by atoms with Crippen molar-refractivity contribution in [3.8, 4) is 0 Å². The van der Waals surface area contributed by atoms with Gasteiger partial charge in [-0.2, -0.15) is 0 Å². The van der Waals surface area contributed by atoms with Crippen LogP contribution in [0.15, 0.2) is 6.33 Å². The van der Waals surface area contributed by atoms with Crippen LogP contribution < -0.4 is 0 Å². The van der Waals surface area contributed by atoms with Gasteiger partial charge in [0.2, 0.25) is 0 Å². The molecule has 0 spiro atoms. The minimum absolute atomic E-state index is 0.488. The van der Waals surface area contributed by atoms with Gasteiger partial charge in [0.15, 0.2) is 5.82 Å². The van der Waals surface area contributed by atoms with E-state index in [1.54, 1.807) is 6.33 Å². The quantitative estimate of drug-likeness (QED) is 0.839. The summed E-state index contributed by atoms with van der Waals surface area (Å²) in [5, 5.41) is 0. The molecule has 0 amide bonds. The fraction of sp³-hybridized carbons (Fsp3) is 0.727. The molecular weight excluding hydrogens is 238 g/mol. The van der Waals surface area contributed by atoms with Gasteiger partial charge >= 0.3 is 0 Å². The molecule has 0 atom stereocenters. The van der Waals surface area contributed by atoms with E-state index in [0.29, 0.717) is 4.58 Å². The first-order chi connectivity index (χ1) is 7.12. The zero-order chi connectivity index (χ0) is 12.6. The van der Waals surface area contributed by atoms with Crippen molar-refractivity contribution in [1.82, 2.24) is 15.0 Å². The summed E-state index contributed by atoms with van der Waals surface area (Å²) in [5.74, 6) is 1.81. The molecule has 0 saturated heterocycles. The second-order valence-electron chi connectivity index (χ2n) is 5.59. The Morgan fingerprint density at radius 1 is 0.938 bits per heavy atom. The van der Waals surface area contributed by atoms with Gasteiger partial charge in [-0.05, 0) is 44.5 Å². The second kappa shape index (κ2) is 4.53. The molecule has 1 aromatic heterocycles. The van der Waals surface area contributed by atoms with Crippen molar-refractivity contribution >= 4 is 20.1 Å². The third-order valence-electron chi connectivity index (χ3n) is 2.21. The van der Waals surface area contributed by atoms with Gasteiger partial charge in [-0.3, -0.25) is 0 Å². The van der Waals surface area contributed by atoms with Crippen LogP contribution in [0, 0.1) is 6.92 Å². The Morgan fingerprint density at radius 3 is 1.81 bits per heavy atom. The molecule has 1 aromatic rings. The van der Waals surface area contributed by atoms with Crippen LogP contribution in [0.2, 0.25) is 0 Å². The Balaban J connectivity index is 3.23. The first-order valence-electron chi connectivity index (χ1n) is 5.12. The van der Waals surface area contributed by atoms with Gasteiger partial charge in [0.1, 0.15) is 12.2 Å². The molecule has 0 fully saturated rings. The van der Waals surface area contributed by atoms with Crippen LogP contribution in [0.1, 0.15) is 16.2 Å². The van der Waals surface area contributed by atoms with E-state index < -0.39 is 20.1 Å². The summed E-state index contributed by atoms with van der Waals surface area (Å²) in [6.45, 7) is 1.93.